The molecule has 1 aromatic rings. The number of aliphatic hydroxyl groups is 1. The molecule has 112 valence electrons. The monoisotopic (exact) mass is 289 g/mol. The summed E-state index contributed by atoms with van der Waals surface area (Å²) < 4.78 is 0. The van der Waals surface area contributed by atoms with Crippen molar-refractivity contribution in [2.75, 3.05) is 6.54 Å². The van der Waals surface area contributed by atoms with E-state index in [1.165, 1.54) is 18.1 Å². The normalized spacial score (nSPS) is 28.8. The Bertz CT molecular complexity index is 596. The fourth-order valence-corrected chi connectivity index (χ4v) is 3.38. The quantitative estimate of drug-likeness (QED) is 0.769. The molecule has 4 atom stereocenters. The number of rotatable bonds is 4. The summed E-state index contributed by atoms with van der Waals surface area (Å²) in [4.78, 5) is 23.1. The van der Waals surface area contributed by atoms with E-state index >= 15 is 0 Å². The van der Waals surface area contributed by atoms with Gasteiger partial charge in [0.05, 0.1) is 6.54 Å². The molecule has 0 heterocycles. The molecule has 0 spiro atoms. The zero-order valence-corrected chi connectivity index (χ0v) is 11.9. The molecule has 3 rings (SSSR count). The molecule has 3 N–H and O–H groups in total. The number of carbonyl (C=O) groups excluding carboxylic acids is 1. The average Bonchev–Trinajstić information content (AvgIpc) is 3.19. The van der Waals surface area contributed by atoms with Crippen molar-refractivity contribution >= 4 is 11.9 Å². The van der Waals surface area contributed by atoms with Gasteiger partial charge in [0, 0.05) is 5.92 Å². The molecule has 0 aromatic heterocycles. The van der Waals surface area contributed by atoms with Crippen LogP contribution in [0, 0.1) is 11.8 Å². The third-order valence-corrected chi connectivity index (χ3v) is 4.70. The zero-order chi connectivity index (χ0) is 15.2. The SMILES string of the molecule is CC(O)(CNC(=O)C1C2CCc3ccccc3C21)C(=O)O. The van der Waals surface area contributed by atoms with Gasteiger partial charge >= 0.3 is 5.97 Å². The maximum Gasteiger partial charge on any atom is 0.337 e. The molecular weight excluding hydrogens is 270 g/mol. The molecule has 1 saturated carbocycles. The van der Waals surface area contributed by atoms with Crippen molar-refractivity contribution < 1.29 is 19.8 Å². The summed E-state index contributed by atoms with van der Waals surface area (Å²) >= 11 is 0. The highest BCUT2D eigenvalue weighted by Crippen LogP contribution is 2.59. The van der Waals surface area contributed by atoms with E-state index in [1.54, 1.807) is 0 Å². The summed E-state index contributed by atoms with van der Waals surface area (Å²) in [6, 6.07) is 8.19. The van der Waals surface area contributed by atoms with Crippen molar-refractivity contribution in [2.45, 2.75) is 31.3 Å². The molecule has 21 heavy (non-hydrogen) atoms. The molecule has 0 radical (unpaired) electrons. The van der Waals surface area contributed by atoms with Crippen molar-refractivity contribution in [3.63, 3.8) is 0 Å². The third-order valence-electron chi connectivity index (χ3n) is 4.70. The van der Waals surface area contributed by atoms with Crippen LogP contribution in [0.25, 0.3) is 0 Å². The minimum absolute atomic E-state index is 0.0850. The Labute approximate surface area is 123 Å². The van der Waals surface area contributed by atoms with Crippen LogP contribution in [0.3, 0.4) is 0 Å². The summed E-state index contributed by atoms with van der Waals surface area (Å²) in [6.45, 7) is 0.920. The number of fused-ring (bicyclic) bond motifs is 3. The summed E-state index contributed by atoms with van der Waals surface area (Å²) in [5.74, 6) is -0.956. The average molecular weight is 289 g/mol. The highest BCUT2D eigenvalue weighted by Gasteiger charge is 2.57. The molecular formula is C16H19NO4. The Morgan fingerprint density at radius 2 is 2.10 bits per heavy atom. The van der Waals surface area contributed by atoms with E-state index in [0.717, 1.165) is 12.8 Å². The topological polar surface area (TPSA) is 86.6 Å². The van der Waals surface area contributed by atoms with E-state index < -0.39 is 11.6 Å². The lowest BCUT2D eigenvalue weighted by Crippen LogP contribution is -2.47. The maximum atomic E-state index is 12.2. The summed E-state index contributed by atoms with van der Waals surface area (Å²) in [5, 5.41) is 21.1. The predicted octanol–water partition coefficient (Wildman–Crippen LogP) is 0.914. The molecule has 1 aromatic carbocycles. The first-order valence-electron chi connectivity index (χ1n) is 7.23. The Balaban J connectivity index is 1.66. The Morgan fingerprint density at radius 3 is 2.81 bits per heavy atom. The lowest BCUT2D eigenvalue weighted by molar-refractivity contribution is -0.156. The van der Waals surface area contributed by atoms with Crippen molar-refractivity contribution in [3.8, 4) is 0 Å². The van der Waals surface area contributed by atoms with Crippen LogP contribution in [0.4, 0.5) is 0 Å². The Morgan fingerprint density at radius 1 is 1.38 bits per heavy atom. The van der Waals surface area contributed by atoms with Crippen LogP contribution in [0.5, 0.6) is 0 Å². The van der Waals surface area contributed by atoms with Crippen molar-refractivity contribution in [3.05, 3.63) is 35.4 Å². The first kappa shape index (κ1) is 14.1. The molecule has 1 amide bonds. The fraction of sp³-hybridized carbons (Fsp3) is 0.500. The minimum Gasteiger partial charge on any atom is -0.479 e. The standard InChI is InChI=1S/C16H19NO4/c1-16(21,15(19)20)8-17-14(18)13-11-7-6-9-4-2-3-5-10(9)12(11)13/h2-5,11-13,21H,6-8H2,1H3,(H,17,18)(H,19,20). The Kier molecular flexibility index (Phi) is 3.24. The van der Waals surface area contributed by atoms with E-state index in [2.05, 4.69) is 17.4 Å². The number of hydrogen-bond donors (Lipinski definition) is 3. The van der Waals surface area contributed by atoms with Gasteiger partial charge in [-0.3, -0.25) is 4.79 Å². The van der Waals surface area contributed by atoms with Crippen LogP contribution in [0.15, 0.2) is 24.3 Å². The second-order valence-electron chi connectivity index (χ2n) is 6.25. The maximum absolute atomic E-state index is 12.2. The molecule has 4 unspecified atom stereocenters. The molecule has 0 aliphatic heterocycles. The van der Waals surface area contributed by atoms with Crippen LogP contribution >= 0.6 is 0 Å². The van der Waals surface area contributed by atoms with Crippen LogP contribution in [0.1, 0.15) is 30.4 Å². The van der Waals surface area contributed by atoms with Gasteiger partial charge in [-0.25, -0.2) is 4.79 Å². The second-order valence-corrected chi connectivity index (χ2v) is 6.25. The van der Waals surface area contributed by atoms with E-state index in [9.17, 15) is 14.7 Å². The molecule has 0 saturated heterocycles. The van der Waals surface area contributed by atoms with Gasteiger partial charge in [-0.15, -0.1) is 0 Å². The number of nitrogens with one attached hydrogen (secondary N) is 1. The number of amides is 1. The third kappa shape index (κ3) is 2.42. The molecule has 2 aliphatic carbocycles. The lowest BCUT2D eigenvalue weighted by atomic mass is 9.92. The van der Waals surface area contributed by atoms with Gasteiger partial charge in [0.25, 0.3) is 0 Å². The summed E-state index contributed by atoms with van der Waals surface area (Å²) in [6.07, 6.45) is 1.99. The lowest BCUT2D eigenvalue weighted by Gasteiger charge is -2.18. The number of carbonyl (C=O) groups is 2. The molecule has 2 aliphatic rings. The molecule has 0 bridgehead atoms. The van der Waals surface area contributed by atoms with Gasteiger partial charge in [-0.1, -0.05) is 24.3 Å². The number of carboxylic acid groups (broad SMARTS) is 1. The van der Waals surface area contributed by atoms with Crippen LogP contribution < -0.4 is 5.32 Å². The zero-order valence-electron chi connectivity index (χ0n) is 11.9. The van der Waals surface area contributed by atoms with Gasteiger partial charge in [0.15, 0.2) is 5.60 Å². The van der Waals surface area contributed by atoms with E-state index in [0.29, 0.717) is 5.92 Å². The first-order valence-corrected chi connectivity index (χ1v) is 7.23. The van der Waals surface area contributed by atoms with E-state index in [-0.39, 0.29) is 24.3 Å². The van der Waals surface area contributed by atoms with Gasteiger partial charge in [0.2, 0.25) is 5.91 Å². The van der Waals surface area contributed by atoms with Crippen LogP contribution in [-0.2, 0) is 16.0 Å². The number of hydrogen-bond acceptors (Lipinski definition) is 3. The number of aryl methyl sites for hydroxylation is 1. The van der Waals surface area contributed by atoms with Crippen LogP contribution in [-0.4, -0.2) is 34.2 Å². The Hall–Kier alpha value is -1.88. The van der Waals surface area contributed by atoms with Gasteiger partial charge in [0.1, 0.15) is 0 Å². The van der Waals surface area contributed by atoms with Crippen LogP contribution in [0.2, 0.25) is 0 Å². The summed E-state index contributed by atoms with van der Waals surface area (Å²) in [5.41, 5.74) is 0.638. The molecule has 1 fully saturated rings. The molecule has 5 nitrogen and oxygen atoms in total. The smallest absolute Gasteiger partial charge is 0.337 e. The number of aliphatic carboxylic acids is 1. The largest absolute Gasteiger partial charge is 0.479 e. The number of benzene rings is 1. The van der Waals surface area contributed by atoms with Gasteiger partial charge in [-0.2, -0.15) is 0 Å². The number of carboxylic acids is 1. The minimum atomic E-state index is -1.92. The van der Waals surface area contributed by atoms with Gasteiger partial charge < -0.3 is 15.5 Å². The van der Waals surface area contributed by atoms with Crippen molar-refractivity contribution in [2.24, 2.45) is 11.8 Å². The van der Waals surface area contributed by atoms with Crippen molar-refractivity contribution in [1.29, 1.82) is 0 Å². The summed E-state index contributed by atoms with van der Waals surface area (Å²) in [7, 11) is 0. The van der Waals surface area contributed by atoms with E-state index in [4.69, 9.17) is 5.11 Å². The van der Waals surface area contributed by atoms with Gasteiger partial charge in [-0.05, 0) is 42.7 Å². The first-order chi connectivity index (χ1) is 9.92. The fourth-order valence-electron chi connectivity index (χ4n) is 3.38. The highest BCUT2D eigenvalue weighted by molar-refractivity contribution is 5.85. The van der Waals surface area contributed by atoms with E-state index in [1.807, 2.05) is 12.1 Å². The molecule has 5 heteroatoms. The second kappa shape index (κ2) is 4.84. The highest BCUT2D eigenvalue weighted by atomic mass is 16.4. The predicted molar refractivity (Wildman–Crippen MR) is 75.8 cm³/mol. The van der Waals surface area contributed by atoms with Crippen molar-refractivity contribution in [1.82, 2.24) is 5.32 Å².